The number of benzene rings is 1. The first-order valence-electron chi connectivity index (χ1n) is 6.31. The molecule has 1 aromatic carbocycles. The summed E-state index contributed by atoms with van der Waals surface area (Å²) in [6, 6.07) is 0.996. The van der Waals surface area contributed by atoms with E-state index in [4.69, 9.17) is 0 Å². The molecule has 1 aromatic rings. The second kappa shape index (κ2) is 5.96. The van der Waals surface area contributed by atoms with E-state index in [0.717, 1.165) is 6.07 Å². The fraction of sp³-hybridized carbons (Fsp3) is 0.400. The highest BCUT2D eigenvalue weighted by atomic mass is 16.3. The fourth-order valence-corrected chi connectivity index (χ4v) is 1.78. The van der Waals surface area contributed by atoms with Gasteiger partial charge in [-0.1, -0.05) is 26.0 Å². The molecule has 0 fully saturated rings. The Bertz CT molecular complexity index is 546. The van der Waals surface area contributed by atoms with Crippen molar-refractivity contribution >= 4 is 5.78 Å². The second-order valence-corrected chi connectivity index (χ2v) is 5.20. The van der Waals surface area contributed by atoms with Crippen LogP contribution in [-0.2, 0) is 6.42 Å². The van der Waals surface area contributed by atoms with Crippen LogP contribution in [0.3, 0.4) is 0 Å². The molecule has 5 nitrogen and oxygen atoms in total. The zero-order valence-electron chi connectivity index (χ0n) is 11.8. The van der Waals surface area contributed by atoms with Crippen molar-refractivity contribution in [2.75, 3.05) is 0 Å². The van der Waals surface area contributed by atoms with Gasteiger partial charge in [0.25, 0.3) is 0 Å². The molecule has 20 heavy (non-hydrogen) atoms. The smallest absolute Gasteiger partial charge is 0.172 e. The summed E-state index contributed by atoms with van der Waals surface area (Å²) in [5.74, 6) is -2.21. The Morgan fingerprint density at radius 2 is 1.80 bits per heavy atom. The molecule has 0 radical (unpaired) electrons. The van der Waals surface area contributed by atoms with Crippen LogP contribution in [0, 0.1) is 5.92 Å². The van der Waals surface area contributed by atoms with E-state index < -0.39 is 29.3 Å². The van der Waals surface area contributed by atoms with Crippen molar-refractivity contribution in [1.82, 2.24) is 0 Å². The third-order valence-electron chi connectivity index (χ3n) is 3.10. The average Bonchev–Trinajstić information content (AvgIpc) is 2.33. The van der Waals surface area contributed by atoms with Gasteiger partial charge in [-0.15, -0.1) is 0 Å². The summed E-state index contributed by atoms with van der Waals surface area (Å²) in [6.07, 6.45) is -1.05. The zero-order chi connectivity index (χ0) is 15.6. The molecule has 0 unspecified atom stereocenters. The number of phenols is 3. The number of carbonyl (C=O) groups is 1. The summed E-state index contributed by atoms with van der Waals surface area (Å²) in [5.41, 5.74) is 0.248. The first-order chi connectivity index (χ1) is 9.16. The lowest BCUT2D eigenvalue weighted by Gasteiger charge is -2.16. The first-order valence-corrected chi connectivity index (χ1v) is 6.31. The van der Waals surface area contributed by atoms with Gasteiger partial charge in [-0.2, -0.15) is 0 Å². The Labute approximate surface area is 117 Å². The number of aromatic hydroxyl groups is 3. The van der Waals surface area contributed by atoms with Crippen LogP contribution >= 0.6 is 0 Å². The van der Waals surface area contributed by atoms with E-state index in [1.165, 1.54) is 0 Å². The molecule has 0 aliphatic rings. The number of Topliss-reactive ketones (excluding diaryl/α,β-unsaturated/α-hetero) is 1. The number of phenolic OH excluding ortho intramolecular Hbond substituents is 3. The Morgan fingerprint density at radius 3 is 2.25 bits per heavy atom. The third-order valence-corrected chi connectivity index (χ3v) is 3.10. The summed E-state index contributed by atoms with van der Waals surface area (Å²) >= 11 is 0. The molecule has 1 atom stereocenters. The van der Waals surface area contributed by atoms with Gasteiger partial charge in [0.2, 0.25) is 0 Å². The minimum absolute atomic E-state index is 0.0160. The Balaban J connectivity index is 3.36. The van der Waals surface area contributed by atoms with Crippen LogP contribution in [0.5, 0.6) is 17.2 Å². The van der Waals surface area contributed by atoms with Crippen LogP contribution in [0.4, 0.5) is 0 Å². The molecule has 110 valence electrons. The Hall–Kier alpha value is -2.01. The molecular formula is C15H20O5. The molecule has 5 heteroatoms. The molecule has 0 spiro atoms. The van der Waals surface area contributed by atoms with Crippen molar-refractivity contribution in [3.05, 3.63) is 29.3 Å². The van der Waals surface area contributed by atoms with Gasteiger partial charge in [-0.05, 0) is 6.92 Å². The van der Waals surface area contributed by atoms with Gasteiger partial charge in [-0.25, -0.2) is 0 Å². The van der Waals surface area contributed by atoms with Gasteiger partial charge in [-0.3, -0.25) is 4.79 Å². The van der Waals surface area contributed by atoms with Crippen molar-refractivity contribution in [2.24, 2.45) is 5.92 Å². The van der Waals surface area contributed by atoms with Crippen molar-refractivity contribution in [2.45, 2.75) is 33.3 Å². The Morgan fingerprint density at radius 1 is 1.25 bits per heavy atom. The van der Waals surface area contributed by atoms with E-state index >= 15 is 0 Å². The van der Waals surface area contributed by atoms with Crippen molar-refractivity contribution < 1.29 is 25.2 Å². The lowest BCUT2D eigenvalue weighted by molar-refractivity contribution is 0.0933. The summed E-state index contributed by atoms with van der Waals surface area (Å²) in [5, 5.41) is 39.4. The predicted octanol–water partition coefficient (Wildman–Crippen LogP) is 2.12. The van der Waals surface area contributed by atoms with Crippen LogP contribution < -0.4 is 0 Å². The van der Waals surface area contributed by atoms with Gasteiger partial charge in [0.05, 0.1) is 6.10 Å². The van der Waals surface area contributed by atoms with Gasteiger partial charge in [0.15, 0.2) is 5.78 Å². The van der Waals surface area contributed by atoms with Crippen LogP contribution in [0.25, 0.3) is 0 Å². The van der Waals surface area contributed by atoms with Crippen LogP contribution in [0.15, 0.2) is 18.2 Å². The fourth-order valence-electron chi connectivity index (χ4n) is 1.78. The first kappa shape index (κ1) is 16.0. The van der Waals surface area contributed by atoms with Crippen molar-refractivity contribution in [3.63, 3.8) is 0 Å². The van der Waals surface area contributed by atoms with Crippen LogP contribution in [-0.4, -0.2) is 32.3 Å². The number of aliphatic hydroxyl groups is 1. The van der Waals surface area contributed by atoms with Crippen LogP contribution in [0.1, 0.15) is 36.7 Å². The van der Waals surface area contributed by atoms with E-state index in [9.17, 15) is 25.2 Å². The molecule has 0 aromatic heterocycles. The number of hydrogen-bond donors (Lipinski definition) is 4. The molecule has 0 saturated heterocycles. The highest BCUT2D eigenvalue weighted by Crippen LogP contribution is 2.39. The summed E-state index contributed by atoms with van der Waals surface area (Å²) in [4.78, 5) is 12.0. The molecule has 0 aliphatic carbocycles. The zero-order valence-corrected chi connectivity index (χ0v) is 11.8. The molecule has 0 aliphatic heterocycles. The monoisotopic (exact) mass is 280 g/mol. The van der Waals surface area contributed by atoms with Crippen molar-refractivity contribution in [1.29, 1.82) is 0 Å². The second-order valence-electron chi connectivity index (χ2n) is 5.20. The molecule has 0 bridgehead atoms. The Kier molecular flexibility index (Phi) is 4.78. The molecule has 4 N–H and O–H groups in total. The highest BCUT2D eigenvalue weighted by Gasteiger charge is 2.25. The van der Waals surface area contributed by atoms with Gasteiger partial charge in [0, 0.05) is 24.0 Å². The highest BCUT2D eigenvalue weighted by molar-refractivity contribution is 6.03. The average molecular weight is 280 g/mol. The molecule has 0 heterocycles. The van der Waals surface area contributed by atoms with E-state index in [2.05, 4.69) is 6.58 Å². The normalized spacial score (nSPS) is 12.4. The maximum Gasteiger partial charge on any atom is 0.172 e. The lowest BCUT2D eigenvalue weighted by atomic mass is 9.93. The number of carbonyl (C=O) groups excluding carboxylic acids is 1. The molecule has 0 amide bonds. The number of hydrogen-bond acceptors (Lipinski definition) is 5. The maximum atomic E-state index is 12.0. The number of ketones is 1. The summed E-state index contributed by atoms with van der Waals surface area (Å²) < 4.78 is 0. The van der Waals surface area contributed by atoms with E-state index in [-0.39, 0.29) is 23.3 Å². The standard InChI is InChI=1S/C15H20O5/c1-7(2)10(16)5-9-11(17)6-12(18)13(15(9)20)14(19)8(3)4/h6,8,10,16-18,20H,1,5H2,2-4H3/t10-/m1/s1. The minimum Gasteiger partial charge on any atom is -0.507 e. The van der Waals surface area contributed by atoms with E-state index in [0.29, 0.717) is 5.57 Å². The van der Waals surface area contributed by atoms with Gasteiger partial charge < -0.3 is 20.4 Å². The molecular weight excluding hydrogens is 260 g/mol. The quantitative estimate of drug-likeness (QED) is 0.489. The van der Waals surface area contributed by atoms with Gasteiger partial charge >= 0.3 is 0 Å². The largest absolute Gasteiger partial charge is 0.507 e. The topological polar surface area (TPSA) is 98.0 Å². The van der Waals surface area contributed by atoms with Gasteiger partial charge in [0.1, 0.15) is 22.8 Å². The van der Waals surface area contributed by atoms with Crippen molar-refractivity contribution in [3.8, 4) is 17.2 Å². The lowest BCUT2D eigenvalue weighted by Crippen LogP contribution is -2.14. The SMILES string of the molecule is C=C(C)[C@H](O)Cc1c(O)cc(O)c(C(=O)C(C)C)c1O. The minimum atomic E-state index is -0.960. The summed E-state index contributed by atoms with van der Waals surface area (Å²) in [6.45, 7) is 8.47. The third kappa shape index (κ3) is 3.11. The van der Waals surface area contributed by atoms with Crippen LogP contribution in [0.2, 0.25) is 0 Å². The maximum absolute atomic E-state index is 12.0. The number of rotatable bonds is 5. The van der Waals surface area contributed by atoms with E-state index in [1.54, 1.807) is 20.8 Å². The van der Waals surface area contributed by atoms with E-state index in [1.807, 2.05) is 0 Å². The summed E-state index contributed by atoms with van der Waals surface area (Å²) in [7, 11) is 0. The predicted molar refractivity (Wildman–Crippen MR) is 75.1 cm³/mol. The molecule has 1 rings (SSSR count). The number of aliphatic hydroxyl groups excluding tert-OH is 1. The molecule has 0 saturated carbocycles.